The summed E-state index contributed by atoms with van der Waals surface area (Å²) in [6, 6.07) is 8.46. The molecule has 0 saturated carbocycles. The van der Waals surface area contributed by atoms with Crippen molar-refractivity contribution in [2.75, 3.05) is 20.6 Å². The lowest BCUT2D eigenvalue weighted by Crippen LogP contribution is -2.11. The molecule has 0 bridgehead atoms. The van der Waals surface area contributed by atoms with Gasteiger partial charge in [0.15, 0.2) is 0 Å². The van der Waals surface area contributed by atoms with Crippen molar-refractivity contribution in [3.8, 4) is 10.6 Å². The zero-order chi connectivity index (χ0) is 13.0. The average Bonchev–Trinajstić information content (AvgIpc) is 2.78. The number of benzene rings is 1. The topological polar surface area (TPSA) is 42.2 Å². The zero-order valence-corrected chi connectivity index (χ0v) is 11.7. The summed E-state index contributed by atoms with van der Waals surface area (Å²) in [4.78, 5) is 6.83. The average molecular weight is 261 g/mol. The summed E-state index contributed by atoms with van der Waals surface area (Å²) in [6.45, 7) is 1.59. The van der Waals surface area contributed by atoms with Crippen LogP contribution >= 0.6 is 11.3 Å². The molecule has 2 rings (SSSR count). The first-order valence-corrected chi connectivity index (χ1v) is 6.96. The fourth-order valence-electron chi connectivity index (χ4n) is 1.90. The molecule has 96 valence electrons. The maximum Gasteiger partial charge on any atom is 0.123 e. The molecule has 1 aromatic carbocycles. The number of nitrogens with two attached hydrogens (primary N) is 1. The highest BCUT2D eigenvalue weighted by molar-refractivity contribution is 7.13. The smallest absolute Gasteiger partial charge is 0.123 e. The van der Waals surface area contributed by atoms with Gasteiger partial charge in [0.05, 0.1) is 5.69 Å². The Bertz CT molecular complexity index is 505. The van der Waals surface area contributed by atoms with Crippen LogP contribution in [0.2, 0.25) is 0 Å². The molecule has 2 aromatic rings. The van der Waals surface area contributed by atoms with Crippen LogP contribution in [0.15, 0.2) is 29.6 Å². The van der Waals surface area contributed by atoms with Crippen molar-refractivity contribution < 1.29 is 0 Å². The first kappa shape index (κ1) is 13.2. The van der Waals surface area contributed by atoms with Gasteiger partial charge in [0.1, 0.15) is 5.01 Å². The first-order valence-electron chi connectivity index (χ1n) is 6.08. The second-order valence-electron chi connectivity index (χ2n) is 4.58. The van der Waals surface area contributed by atoms with Gasteiger partial charge >= 0.3 is 0 Å². The Morgan fingerprint density at radius 2 is 2.06 bits per heavy atom. The van der Waals surface area contributed by atoms with E-state index in [9.17, 15) is 0 Å². The lowest BCUT2D eigenvalue weighted by atomic mass is 10.1. The summed E-state index contributed by atoms with van der Waals surface area (Å²) in [5.74, 6) is 0. The summed E-state index contributed by atoms with van der Waals surface area (Å²) in [5.41, 5.74) is 9.21. The van der Waals surface area contributed by atoms with E-state index in [1.54, 1.807) is 11.3 Å². The maximum absolute atomic E-state index is 5.56. The largest absolute Gasteiger partial charge is 0.330 e. The number of hydrogen-bond acceptors (Lipinski definition) is 4. The normalized spacial score (nSPS) is 11.1. The van der Waals surface area contributed by atoms with Crippen molar-refractivity contribution >= 4 is 11.3 Å². The summed E-state index contributed by atoms with van der Waals surface area (Å²) in [5, 5.41) is 3.20. The molecule has 0 saturated heterocycles. The molecule has 0 spiro atoms. The lowest BCUT2D eigenvalue weighted by Gasteiger charge is -2.12. The molecule has 0 atom stereocenters. The maximum atomic E-state index is 5.56. The van der Waals surface area contributed by atoms with Crippen molar-refractivity contribution in [1.82, 2.24) is 9.88 Å². The van der Waals surface area contributed by atoms with Crippen LogP contribution in [0.5, 0.6) is 0 Å². The Morgan fingerprint density at radius 3 is 2.78 bits per heavy atom. The Morgan fingerprint density at radius 1 is 1.28 bits per heavy atom. The Hall–Kier alpha value is -1.23. The summed E-state index contributed by atoms with van der Waals surface area (Å²) in [6.07, 6.45) is 0.854. The lowest BCUT2D eigenvalue weighted by molar-refractivity contribution is 0.403. The second kappa shape index (κ2) is 6.09. The third kappa shape index (κ3) is 3.16. The standard InChI is InChI=1S/C14H19N3S/c1-17(2)9-11-5-3-4-6-13(11)14-16-12(7-8-15)10-18-14/h3-6,10H,7-9,15H2,1-2H3. The molecule has 0 aliphatic carbocycles. The highest BCUT2D eigenvalue weighted by atomic mass is 32.1. The third-order valence-corrected chi connectivity index (χ3v) is 3.61. The van der Waals surface area contributed by atoms with Gasteiger partial charge in [-0.2, -0.15) is 0 Å². The first-order chi connectivity index (χ1) is 8.70. The van der Waals surface area contributed by atoms with Crippen molar-refractivity contribution in [1.29, 1.82) is 0 Å². The minimum absolute atomic E-state index is 0.655. The van der Waals surface area contributed by atoms with Gasteiger partial charge in [-0.3, -0.25) is 0 Å². The highest BCUT2D eigenvalue weighted by Crippen LogP contribution is 2.27. The van der Waals surface area contributed by atoms with Crippen molar-refractivity contribution in [3.63, 3.8) is 0 Å². The van der Waals surface area contributed by atoms with Crippen molar-refractivity contribution in [2.24, 2.45) is 5.73 Å². The molecule has 0 fully saturated rings. The van der Waals surface area contributed by atoms with E-state index in [1.165, 1.54) is 11.1 Å². The fourth-order valence-corrected chi connectivity index (χ4v) is 2.82. The van der Waals surface area contributed by atoms with Crippen molar-refractivity contribution in [2.45, 2.75) is 13.0 Å². The van der Waals surface area contributed by atoms with E-state index in [-0.39, 0.29) is 0 Å². The van der Waals surface area contributed by atoms with Crippen LogP contribution in [0, 0.1) is 0 Å². The molecular formula is C14H19N3S. The van der Waals surface area contributed by atoms with Gasteiger partial charge < -0.3 is 10.6 Å². The van der Waals surface area contributed by atoms with Crippen LogP contribution in [0.4, 0.5) is 0 Å². The minimum atomic E-state index is 0.655. The van der Waals surface area contributed by atoms with Crippen LogP contribution in [-0.2, 0) is 13.0 Å². The Kier molecular flexibility index (Phi) is 4.47. The van der Waals surface area contributed by atoms with E-state index in [4.69, 9.17) is 5.73 Å². The summed E-state index contributed by atoms with van der Waals surface area (Å²) >= 11 is 1.70. The fraction of sp³-hybridized carbons (Fsp3) is 0.357. The molecular weight excluding hydrogens is 242 g/mol. The molecule has 0 radical (unpaired) electrons. The molecule has 18 heavy (non-hydrogen) atoms. The third-order valence-electron chi connectivity index (χ3n) is 2.69. The van der Waals surface area contributed by atoms with E-state index in [0.717, 1.165) is 23.7 Å². The number of thiazole rings is 1. The molecule has 2 N–H and O–H groups in total. The molecule has 1 aromatic heterocycles. The van der Waals surface area contributed by atoms with E-state index in [1.807, 2.05) is 0 Å². The quantitative estimate of drug-likeness (QED) is 0.898. The van der Waals surface area contributed by atoms with E-state index < -0.39 is 0 Å². The highest BCUT2D eigenvalue weighted by Gasteiger charge is 2.09. The predicted octanol–water partition coefficient (Wildman–Crippen LogP) is 2.37. The number of nitrogens with zero attached hydrogens (tertiary/aromatic N) is 2. The molecule has 0 amide bonds. The minimum Gasteiger partial charge on any atom is -0.330 e. The Balaban J connectivity index is 2.30. The number of aromatic nitrogens is 1. The molecule has 0 aliphatic rings. The number of rotatable bonds is 5. The predicted molar refractivity (Wildman–Crippen MR) is 77.7 cm³/mol. The molecule has 0 aliphatic heterocycles. The van der Waals surface area contributed by atoms with E-state index in [0.29, 0.717) is 6.54 Å². The Labute approximate surface area is 112 Å². The number of hydrogen-bond donors (Lipinski definition) is 1. The molecule has 4 heteroatoms. The van der Waals surface area contributed by atoms with E-state index >= 15 is 0 Å². The second-order valence-corrected chi connectivity index (χ2v) is 5.44. The van der Waals surface area contributed by atoms with Gasteiger partial charge in [0, 0.05) is 23.9 Å². The van der Waals surface area contributed by atoms with Gasteiger partial charge in [-0.25, -0.2) is 4.98 Å². The summed E-state index contributed by atoms with van der Waals surface area (Å²) in [7, 11) is 4.16. The van der Waals surface area contributed by atoms with Crippen molar-refractivity contribution in [3.05, 3.63) is 40.9 Å². The molecule has 3 nitrogen and oxygen atoms in total. The van der Waals surface area contributed by atoms with Gasteiger partial charge in [-0.1, -0.05) is 24.3 Å². The van der Waals surface area contributed by atoms with E-state index in [2.05, 4.69) is 53.6 Å². The van der Waals surface area contributed by atoms with Crippen LogP contribution in [0.3, 0.4) is 0 Å². The van der Waals surface area contributed by atoms with Gasteiger partial charge in [-0.05, 0) is 26.2 Å². The van der Waals surface area contributed by atoms with Crippen LogP contribution in [-0.4, -0.2) is 30.5 Å². The SMILES string of the molecule is CN(C)Cc1ccccc1-c1nc(CCN)cs1. The van der Waals surface area contributed by atoms with Crippen LogP contribution < -0.4 is 5.73 Å². The molecule has 1 heterocycles. The summed E-state index contributed by atoms with van der Waals surface area (Å²) < 4.78 is 0. The van der Waals surface area contributed by atoms with Crippen LogP contribution in [0.25, 0.3) is 10.6 Å². The zero-order valence-electron chi connectivity index (χ0n) is 10.9. The van der Waals surface area contributed by atoms with Gasteiger partial charge in [0.25, 0.3) is 0 Å². The van der Waals surface area contributed by atoms with Crippen LogP contribution in [0.1, 0.15) is 11.3 Å². The monoisotopic (exact) mass is 261 g/mol. The van der Waals surface area contributed by atoms with Gasteiger partial charge in [-0.15, -0.1) is 11.3 Å². The molecule has 0 unspecified atom stereocenters. The van der Waals surface area contributed by atoms with Gasteiger partial charge in [0.2, 0.25) is 0 Å².